The van der Waals surface area contributed by atoms with Crippen molar-refractivity contribution in [1.29, 1.82) is 0 Å². The van der Waals surface area contributed by atoms with Gasteiger partial charge in [0.25, 0.3) is 0 Å². The molecule has 0 fully saturated rings. The van der Waals surface area contributed by atoms with E-state index in [1.807, 2.05) is 0 Å². The summed E-state index contributed by atoms with van der Waals surface area (Å²) >= 11 is 0. The molecule has 0 saturated heterocycles. The molecule has 0 saturated carbocycles. The van der Waals surface area contributed by atoms with Crippen molar-refractivity contribution >= 4 is 10.0 Å². The zero-order chi connectivity index (χ0) is 15.2. The highest BCUT2D eigenvalue weighted by Crippen LogP contribution is 2.21. The summed E-state index contributed by atoms with van der Waals surface area (Å²) < 4.78 is 31.3. The van der Waals surface area contributed by atoms with Crippen molar-refractivity contribution in [3.63, 3.8) is 0 Å². The van der Waals surface area contributed by atoms with Gasteiger partial charge in [-0.3, -0.25) is 5.10 Å². The standard InChI is InChI=1S/C12H24N4O3S/c1-5-6-13-9-11-12(10(2)14-15-11)20(17,18)16(3)7-8-19-4/h13H,5-9H2,1-4H3,(H,14,15). The summed E-state index contributed by atoms with van der Waals surface area (Å²) in [5, 5.41) is 10.0. The van der Waals surface area contributed by atoms with Crippen LogP contribution in [0.1, 0.15) is 24.7 Å². The second kappa shape index (κ2) is 7.72. The Hall–Kier alpha value is -0.960. The van der Waals surface area contributed by atoms with Crippen LogP contribution in [0.25, 0.3) is 0 Å². The summed E-state index contributed by atoms with van der Waals surface area (Å²) in [7, 11) is -0.456. The number of methoxy groups -OCH3 is 1. The van der Waals surface area contributed by atoms with Crippen molar-refractivity contribution in [2.24, 2.45) is 0 Å². The largest absolute Gasteiger partial charge is 0.383 e. The Balaban J connectivity index is 2.95. The molecule has 0 bridgehead atoms. The molecule has 0 unspecified atom stereocenters. The van der Waals surface area contributed by atoms with Crippen molar-refractivity contribution in [1.82, 2.24) is 19.8 Å². The summed E-state index contributed by atoms with van der Waals surface area (Å²) in [6.07, 6.45) is 0.985. The van der Waals surface area contributed by atoms with E-state index in [9.17, 15) is 8.42 Å². The molecule has 2 N–H and O–H groups in total. The first-order chi connectivity index (χ1) is 9.45. The molecule has 0 radical (unpaired) electrons. The van der Waals surface area contributed by atoms with E-state index in [0.717, 1.165) is 13.0 Å². The number of H-pyrrole nitrogens is 1. The van der Waals surface area contributed by atoms with E-state index >= 15 is 0 Å². The zero-order valence-corrected chi connectivity index (χ0v) is 13.4. The summed E-state index contributed by atoms with van der Waals surface area (Å²) in [4.78, 5) is 0.264. The van der Waals surface area contributed by atoms with E-state index in [1.54, 1.807) is 21.1 Å². The summed E-state index contributed by atoms with van der Waals surface area (Å²) in [5.41, 5.74) is 1.09. The molecule has 1 aromatic rings. The summed E-state index contributed by atoms with van der Waals surface area (Å²) in [6.45, 7) is 5.70. The van der Waals surface area contributed by atoms with Gasteiger partial charge in [-0.1, -0.05) is 6.92 Å². The Kier molecular flexibility index (Phi) is 6.60. The number of nitrogens with one attached hydrogen (secondary N) is 2. The number of aryl methyl sites for hydroxylation is 1. The number of hydrogen-bond donors (Lipinski definition) is 2. The second-order valence-corrected chi connectivity index (χ2v) is 6.60. The summed E-state index contributed by atoms with van der Waals surface area (Å²) in [6, 6.07) is 0. The first-order valence-corrected chi connectivity index (χ1v) is 8.09. The minimum absolute atomic E-state index is 0.264. The van der Waals surface area contributed by atoms with Crippen LogP contribution in [0.3, 0.4) is 0 Å². The molecule has 1 heterocycles. The minimum atomic E-state index is -3.55. The number of aromatic nitrogens is 2. The van der Waals surface area contributed by atoms with Crippen LogP contribution in [-0.2, 0) is 21.3 Å². The molecular weight excluding hydrogens is 280 g/mol. The first-order valence-electron chi connectivity index (χ1n) is 6.65. The number of rotatable bonds is 9. The number of ether oxygens (including phenoxy) is 1. The first kappa shape index (κ1) is 17.1. The number of sulfonamides is 1. The van der Waals surface area contributed by atoms with Gasteiger partial charge in [0, 0.05) is 27.2 Å². The maximum Gasteiger partial charge on any atom is 0.246 e. The van der Waals surface area contributed by atoms with E-state index in [0.29, 0.717) is 31.1 Å². The van der Waals surface area contributed by atoms with E-state index in [-0.39, 0.29) is 4.90 Å². The van der Waals surface area contributed by atoms with E-state index in [4.69, 9.17) is 4.74 Å². The van der Waals surface area contributed by atoms with E-state index in [2.05, 4.69) is 22.4 Å². The minimum Gasteiger partial charge on any atom is -0.383 e. The van der Waals surface area contributed by atoms with Crippen LogP contribution in [0, 0.1) is 6.92 Å². The molecule has 0 aromatic carbocycles. The molecule has 20 heavy (non-hydrogen) atoms. The fraction of sp³-hybridized carbons (Fsp3) is 0.750. The van der Waals surface area contributed by atoms with Crippen LogP contribution in [0.5, 0.6) is 0 Å². The number of likely N-dealkylation sites (N-methyl/N-ethyl adjacent to an activating group) is 1. The maximum absolute atomic E-state index is 12.6. The maximum atomic E-state index is 12.6. The average molecular weight is 304 g/mol. The Bertz CT molecular complexity index is 513. The van der Waals surface area contributed by atoms with Crippen LogP contribution in [-0.4, -0.2) is 56.8 Å². The topological polar surface area (TPSA) is 87.3 Å². The number of aromatic amines is 1. The van der Waals surface area contributed by atoms with Gasteiger partial charge in [0.05, 0.1) is 18.0 Å². The number of nitrogens with zero attached hydrogens (tertiary/aromatic N) is 2. The highest BCUT2D eigenvalue weighted by molar-refractivity contribution is 7.89. The molecule has 0 amide bonds. The lowest BCUT2D eigenvalue weighted by Crippen LogP contribution is -2.31. The van der Waals surface area contributed by atoms with Crippen molar-refractivity contribution in [3.05, 3.63) is 11.4 Å². The van der Waals surface area contributed by atoms with Gasteiger partial charge in [-0.15, -0.1) is 0 Å². The van der Waals surface area contributed by atoms with Gasteiger partial charge in [0.1, 0.15) is 4.90 Å². The van der Waals surface area contributed by atoms with Gasteiger partial charge in [-0.05, 0) is 19.9 Å². The van der Waals surface area contributed by atoms with Crippen molar-refractivity contribution in [3.8, 4) is 0 Å². The van der Waals surface area contributed by atoms with Crippen LogP contribution in [0.2, 0.25) is 0 Å². The predicted molar refractivity (Wildman–Crippen MR) is 77.0 cm³/mol. The molecule has 1 rings (SSSR count). The third-order valence-electron chi connectivity index (χ3n) is 2.96. The lowest BCUT2D eigenvalue weighted by Gasteiger charge is -2.17. The molecule has 0 aliphatic heterocycles. The second-order valence-electron chi connectivity index (χ2n) is 4.62. The third-order valence-corrected chi connectivity index (χ3v) is 5.02. The quantitative estimate of drug-likeness (QED) is 0.648. The Morgan fingerprint density at radius 2 is 2.15 bits per heavy atom. The van der Waals surface area contributed by atoms with E-state index in [1.165, 1.54) is 4.31 Å². The van der Waals surface area contributed by atoms with Crippen LogP contribution < -0.4 is 5.32 Å². The van der Waals surface area contributed by atoms with Crippen molar-refractivity contribution < 1.29 is 13.2 Å². The molecule has 7 nitrogen and oxygen atoms in total. The Morgan fingerprint density at radius 1 is 1.45 bits per heavy atom. The smallest absolute Gasteiger partial charge is 0.246 e. The predicted octanol–water partition coefficient (Wildman–Crippen LogP) is 0.485. The van der Waals surface area contributed by atoms with Crippen LogP contribution in [0.4, 0.5) is 0 Å². The van der Waals surface area contributed by atoms with Gasteiger partial charge >= 0.3 is 0 Å². The van der Waals surface area contributed by atoms with Gasteiger partial charge < -0.3 is 10.1 Å². The van der Waals surface area contributed by atoms with Crippen molar-refractivity contribution in [2.45, 2.75) is 31.7 Å². The lowest BCUT2D eigenvalue weighted by molar-refractivity contribution is 0.185. The molecule has 0 aliphatic rings. The van der Waals surface area contributed by atoms with Crippen molar-refractivity contribution in [2.75, 3.05) is 33.9 Å². The van der Waals surface area contributed by atoms with Crippen LogP contribution >= 0.6 is 0 Å². The SMILES string of the molecule is CCCNCc1n[nH]c(C)c1S(=O)(=O)N(C)CCOC. The third kappa shape index (κ3) is 4.02. The normalized spacial score (nSPS) is 12.2. The van der Waals surface area contributed by atoms with Gasteiger partial charge in [0.15, 0.2) is 0 Å². The van der Waals surface area contributed by atoms with E-state index < -0.39 is 10.0 Å². The highest BCUT2D eigenvalue weighted by atomic mass is 32.2. The monoisotopic (exact) mass is 304 g/mol. The van der Waals surface area contributed by atoms with Gasteiger partial charge in [-0.2, -0.15) is 9.40 Å². The fourth-order valence-electron chi connectivity index (χ4n) is 1.81. The van der Waals surface area contributed by atoms with Gasteiger partial charge in [0.2, 0.25) is 10.0 Å². The molecular formula is C12H24N4O3S. The highest BCUT2D eigenvalue weighted by Gasteiger charge is 2.28. The molecule has 8 heteroatoms. The number of hydrogen-bond acceptors (Lipinski definition) is 5. The fourth-order valence-corrected chi connectivity index (χ4v) is 3.29. The average Bonchev–Trinajstić information content (AvgIpc) is 2.78. The zero-order valence-electron chi connectivity index (χ0n) is 12.6. The summed E-state index contributed by atoms with van der Waals surface area (Å²) in [5.74, 6) is 0. The van der Waals surface area contributed by atoms with Gasteiger partial charge in [-0.25, -0.2) is 8.42 Å². The lowest BCUT2D eigenvalue weighted by atomic mass is 10.3. The molecule has 0 atom stereocenters. The van der Waals surface area contributed by atoms with Crippen LogP contribution in [0.15, 0.2) is 4.90 Å². The Morgan fingerprint density at radius 3 is 2.75 bits per heavy atom. The molecule has 0 aliphatic carbocycles. The Labute approximate surface area is 120 Å². The molecule has 1 aromatic heterocycles. The molecule has 116 valence electrons. The molecule has 0 spiro atoms.